The number of halogens is 2. The maximum Gasteiger partial charge on any atom is 0.414 e. The molecule has 3 rings (SSSR count). The summed E-state index contributed by atoms with van der Waals surface area (Å²) in [6.45, 7) is 2.97. The lowest BCUT2D eigenvalue weighted by atomic mass is 10.0. The first-order valence-electron chi connectivity index (χ1n) is 8.79. The highest BCUT2D eigenvalue weighted by atomic mass is 35.5. The molecule has 0 amide bonds. The fourth-order valence-corrected chi connectivity index (χ4v) is 3.07. The Balaban J connectivity index is 0.000000409. The Labute approximate surface area is 167 Å². The highest BCUT2D eigenvalue weighted by Crippen LogP contribution is 2.24. The Kier molecular flexibility index (Phi) is 8.22. The van der Waals surface area contributed by atoms with Crippen LogP contribution in [0.15, 0.2) is 48.5 Å². The number of aliphatic carboxylic acids is 2. The van der Waals surface area contributed by atoms with Crippen LogP contribution in [0.4, 0.5) is 10.1 Å². The van der Waals surface area contributed by atoms with Crippen molar-refractivity contribution in [2.75, 3.05) is 18.4 Å². The van der Waals surface area contributed by atoms with Gasteiger partial charge in [-0.3, -0.25) is 4.90 Å². The van der Waals surface area contributed by atoms with Crippen molar-refractivity contribution in [2.24, 2.45) is 0 Å². The number of nitrogens with zero attached hydrogens (tertiary/aromatic N) is 1. The molecule has 2 aromatic rings. The Morgan fingerprint density at radius 2 is 1.61 bits per heavy atom. The maximum atomic E-state index is 12.9. The van der Waals surface area contributed by atoms with Crippen molar-refractivity contribution in [1.82, 2.24) is 4.90 Å². The second-order valence-corrected chi connectivity index (χ2v) is 6.82. The molecule has 0 radical (unpaired) electrons. The van der Waals surface area contributed by atoms with Crippen LogP contribution in [0.5, 0.6) is 0 Å². The summed E-state index contributed by atoms with van der Waals surface area (Å²) in [6, 6.07) is 15.1. The fraction of sp³-hybridized carbons (Fsp3) is 0.300. The normalized spacial score (nSPS) is 14.6. The Morgan fingerprint density at radius 1 is 1.04 bits per heavy atom. The average Bonchev–Trinajstić information content (AvgIpc) is 2.67. The molecule has 0 spiro atoms. The number of anilines is 1. The van der Waals surface area contributed by atoms with Gasteiger partial charge >= 0.3 is 11.9 Å². The molecule has 1 heterocycles. The van der Waals surface area contributed by atoms with E-state index in [-0.39, 0.29) is 5.82 Å². The lowest BCUT2D eigenvalue weighted by molar-refractivity contribution is -0.159. The molecule has 1 aliphatic rings. The van der Waals surface area contributed by atoms with E-state index in [4.69, 9.17) is 31.4 Å². The molecule has 8 heteroatoms. The van der Waals surface area contributed by atoms with Crippen LogP contribution in [-0.2, 0) is 16.1 Å². The zero-order valence-corrected chi connectivity index (χ0v) is 15.9. The minimum atomic E-state index is -1.82. The van der Waals surface area contributed by atoms with Gasteiger partial charge in [0.25, 0.3) is 0 Å². The molecule has 0 saturated carbocycles. The first-order chi connectivity index (χ1) is 13.3. The van der Waals surface area contributed by atoms with E-state index in [0.717, 1.165) is 43.2 Å². The van der Waals surface area contributed by atoms with E-state index >= 15 is 0 Å². The lowest BCUT2D eigenvalue weighted by Gasteiger charge is -2.33. The molecule has 0 atom stereocenters. The van der Waals surface area contributed by atoms with E-state index in [2.05, 4.69) is 10.2 Å². The summed E-state index contributed by atoms with van der Waals surface area (Å²) in [5.41, 5.74) is 2.18. The van der Waals surface area contributed by atoms with Gasteiger partial charge in [0.05, 0.1) is 10.7 Å². The molecular formula is C20H22ClFN2O4. The number of piperidine rings is 1. The van der Waals surface area contributed by atoms with Crippen LogP contribution in [0.3, 0.4) is 0 Å². The third-order valence-corrected chi connectivity index (χ3v) is 4.65. The Hall–Kier alpha value is -2.64. The van der Waals surface area contributed by atoms with Crippen molar-refractivity contribution in [2.45, 2.75) is 25.4 Å². The molecule has 28 heavy (non-hydrogen) atoms. The molecule has 0 bridgehead atoms. The summed E-state index contributed by atoms with van der Waals surface area (Å²) in [4.78, 5) is 20.6. The largest absolute Gasteiger partial charge is 0.473 e. The van der Waals surface area contributed by atoms with Crippen molar-refractivity contribution >= 4 is 29.2 Å². The summed E-state index contributed by atoms with van der Waals surface area (Å²) in [5.74, 6) is -3.82. The predicted octanol–water partition coefficient (Wildman–Crippen LogP) is 3.71. The molecule has 1 aliphatic heterocycles. The van der Waals surface area contributed by atoms with Crippen LogP contribution < -0.4 is 5.32 Å². The number of carboxylic acids is 2. The number of nitrogens with one attached hydrogen (secondary N) is 1. The van der Waals surface area contributed by atoms with Crippen molar-refractivity contribution < 1.29 is 24.2 Å². The quantitative estimate of drug-likeness (QED) is 0.668. The summed E-state index contributed by atoms with van der Waals surface area (Å²) in [6.07, 6.45) is 2.18. The topological polar surface area (TPSA) is 89.9 Å². The number of hydrogen-bond donors (Lipinski definition) is 3. The van der Waals surface area contributed by atoms with Gasteiger partial charge in [-0.1, -0.05) is 35.9 Å². The van der Waals surface area contributed by atoms with Crippen LogP contribution in [0.25, 0.3) is 0 Å². The van der Waals surface area contributed by atoms with E-state index in [1.54, 1.807) is 0 Å². The number of benzene rings is 2. The molecule has 2 aromatic carbocycles. The molecule has 0 unspecified atom stereocenters. The SMILES string of the molecule is Fc1ccc(CN2CCC(Nc3ccccc3Cl)CC2)cc1.O=C(O)C(=O)O. The van der Waals surface area contributed by atoms with Crippen LogP contribution in [0, 0.1) is 5.82 Å². The van der Waals surface area contributed by atoms with Crippen LogP contribution in [0.2, 0.25) is 5.02 Å². The van der Waals surface area contributed by atoms with Crippen molar-refractivity contribution in [3.8, 4) is 0 Å². The summed E-state index contributed by atoms with van der Waals surface area (Å²) < 4.78 is 12.9. The first kappa shape index (κ1) is 21.7. The number of carboxylic acid groups (broad SMARTS) is 2. The van der Waals surface area contributed by atoms with Gasteiger partial charge < -0.3 is 15.5 Å². The Bertz CT molecular complexity index is 781. The Morgan fingerprint density at radius 3 is 2.14 bits per heavy atom. The number of likely N-dealkylation sites (tertiary alicyclic amines) is 1. The molecule has 0 aromatic heterocycles. The van der Waals surface area contributed by atoms with E-state index in [9.17, 15) is 4.39 Å². The smallest absolute Gasteiger partial charge is 0.414 e. The third kappa shape index (κ3) is 7.17. The minimum Gasteiger partial charge on any atom is -0.473 e. The van der Waals surface area contributed by atoms with Gasteiger partial charge in [0, 0.05) is 25.7 Å². The minimum absolute atomic E-state index is 0.175. The van der Waals surface area contributed by atoms with Gasteiger partial charge in [-0.2, -0.15) is 0 Å². The summed E-state index contributed by atoms with van der Waals surface area (Å²) in [7, 11) is 0. The highest BCUT2D eigenvalue weighted by molar-refractivity contribution is 6.33. The van der Waals surface area contributed by atoms with Gasteiger partial charge in [0.15, 0.2) is 0 Å². The van der Waals surface area contributed by atoms with Crippen LogP contribution in [-0.4, -0.2) is 46.2 Å². The molecule has 6 nitrogen and oxygen atoms in total. The van der Waals surface area contributed by atoms with Crippen LogP contribution >= 0.6 is 11.6 Å². The zero-order chi connectivity index (χ0) is 20.5. The standard InChI is InChI=1S/C18H20ClFN2.C2H2O4/c19-17-3-1-2-4-18(17)21-16-9-11-22(12-10-16)13-14-5-7-15(20)8-6-14;3-1(4)2(5)6/h1-8,16,21H,9-13H2;(H,3,4)(H,5,6). The van der Waals surface area contributed by atoms with Crippen LogP contribution in [0.1, 0.15) is 18.4 Å². The zero-order valence-electron chi connectivity index (χ0n) is 15.1. The molecular weight excluding hydrogens is 387 g/mol. The van der Waals surface area contributed by atoms with E-state index in [1.807, 2.05) is 36.4 Å². The molecule has 3 N–H and O–H groups in total. The summed E-state index contributed by atoms with van der Waals surface area (Å²) >= 11 is 6.19. The lowest BCUT2D eigenvalue weighted by Crippen LogP contribution is -2.38. The number of hydrogen-bond acceptors (Lipinski definition) is 4. The monoisotopic (exact) mass is 408 g/mol. The van der Waals surface area contributed by atoms with Gasteiger partial charge in [-0.05, 0) is 42.7 Å². The highest BCUT2D eigenvalue weighted by Gasteiger charge is 2.19. The maximum absolute atomic E-state index is 12.9. The number of para-hydroxylation sites is 1. The van der Waals surface area contributed by atoms with Gasteiger partial charge in [-0.25, -0.2) is 14.0 Å². The molecule has 1 fully saturated rings. The van der Waals surface area contributed by atoms with E-state index in [1.165, 1.54) is 17.7 Å². The van der Waals surface area contributed by atoms with Gasteiger partial charge in [-0.15, -0.1) is 0 Å². The molecule has 150 valence electrons. The second-order valence-electron chi connectivity index (χ2n) is 6.41. The van der Waals surface area contributed by atoms with E-state index < -0.39 is 11.9 Å². The molecule has 0 aliphatic carbocycles. The van der Waals surface area contributed by atoms with Gasteiger partial charge in [0.1, 0.15) is 5.82 Å². The number of rotatable bonds is 4. The van der Waals surface area contributed by atoms with E-state index in [0.29, 0.717) is 6.04 Å². The summed E-state index contributed by atoms with van der Waals surface area (Å²) in [5, 5.41) is 19.1. The fourth-order valence-electron chi connectivity index (χ4n) is 2.88. The van der Waals surface area contributed by atoms with Crippen molar-refractivity contribution in [3.63, 3.8) is 0 Å². The average molecular weight is 409 g/mol. The second kappa shape index (κ2) is 10.6. The van der Waals surface area contributed by atoms with Crippen molar-refractivity contribution in [1.29, 1.82) is 0 Å². The van der Waals surface area contributed by atoms with Gasteiger partial charge in [0.2, 0.25) is 0 Å². The number of carbonyl (C=O) groups is 2. The predicted molar refractivity (Wildman–Crippen MR) is 105 cm³/mol. The third-order valence-electron chi connectivity index (χ3n) is 4.32. The molecule has 1 saturated heterocycles. The van der Waals surface area contributed by atoms with Crippen molar-refractivity contribution in [3.05, 3.63) is 64.9 Å². The first-order valence-corrected chi connectivity index (χ1v) is 9.17.